The molecule has 4 heteroatoms. The number of alkyl halides is 1. The molecular weight excluding hydrogens is 246 g/mol. The molecule has 1 aromatic rings. The zero-order valence-electron chi connectivity index (χ0n) is 7.79. The molecule has 0 spiro atoms. The summed E-state index contributed by atoms with van der Waals surface area (Å²) in [7, 11) is 1.57. The van der Waals surface area contributed by atoms with E-state index in [1.807, 2.05) is 24.3 Å². The maximum Gasteiger partial charge on any atom is 0.174 e. The molecule has 0 radical (unpaired) electrons. The van der Waals surface area contributed by atoms with Crippen LogP contribution in [0.3, 0.4) is 0 Å². The van der Waals surface area contributed by atoms with Crippen molar-refractivity contribution in [3.8, 4) is 17.6 Å². The number of nitriles is 1. The molecule has 0 aliphatic carbocycles. The molecule has 74 valence electrons. The van der Waals surface area contributed by atoms with Gasteiger partial charge in [-0.3, -0.25) is 0 Å². The number of ether oxygens (including phenoxy) is 2. The predicted molar refractivity (Wildman–Crippen MR) is 56.7 cm³/mol. The van der Waals surface area contributed by atoms with Gasteiger partial charge in [0.15, 0.2) is 18.1 Å². The molecule has 1 rings (SSSR count). The van der Waals surface area contributed by atoms with Crippen LogP contribution in [-0.4, -0.2) is 13.7 Å². The molecule has 0 N–H and O–H groups in total. The summed E-state index contributed by atoms with van der Waals surface area (Å²) < 4.78 is 10.3. The highest BCUT2D eigenvalue weighted by Crippen LogP contribution is 2.28. The molecule has 14 heavy (non-hydrogen) atoms. The zero-order valence-corrected chi connectivity index (χ0v) is 9.37. The second-order valence-electron chi connectivity index (χ2n) is 2.57. The largest absolute Gasteiger partial charge is 0.493 e. The standard InChI is InChI=1S/C10H10BrNO2/c1-13-9-3-2-8(7-11)6-10(9)14-5-4-12/h2-3,6H,5,7H2,1H3. The highest BCUT2D eigenvalue weighted by Gasteiger charge is 2.04. The molecule has 3 nitrogen and oxygen atoms in total. The van der Waals surface area contributed by atoms with Crippen LogP contribution in [0.4, 0.5) is 0 Å². The van der Waals surface area contributed by atoms with E-state index in [9.17, 15) is 0 Å². The van der Waals surface area contributed by atoms with Gasteiger partial charge in [-0.1, -0.05) is 22.0 Å². The van der Waals surface area contributed by atoms with Gasteiger partial charge in [0.25, 0.3) is 0 Å². The average Bonchev–Trinajstić information content (AvgIpc) is 2.25. The van der Waals surface area contributed by atoms with Crippen molar-refractivity contribution in [3.05, 3.63) is 23.8 Å². The summed E-state index contributed by atoms with van der Waals surface area (Å²) in [5.41, 5.74) is 1.08. The summed E-state index contributed by atoms with van der Waals surface area (Å²) in [5, 5.41) is 9.14. The number of hydrogen-bond acceptors (Lipinski definition) is 3. The Morgan fingerprint density at radius 3 is 2.79 bits per heavy atom. The first-order valence-corrected chi connectivity index (χ1v) is 5.16. The molecule has 0 saturated carbocycles. The van der Waals surface area contributed by atoms with Crippen molar-refractivity contribution in [2.45, 2.75) is 5.33 Å². The van der Waals surface area contributed by atoms with Crippen molar-refractivity contribution in [1.29, 1.82) is 5.26 Å². The maximum atomic E-state index is 8.39. The summed E-state index contributed by atoms with van der Waals surface area (Å²) in [6, 6.07) is 7.53. The van der Waals surface area contributed by atoms with E-state index in [0.717, 1.165) is 10.9 Å². The molecular formula is C10H10BrNO2. The van der Waals surface area contributed by atoms with Crippen LogP contribution in [0.5, 0.6) is 11.5 Å². The number of hydrogen-bond donors (Lipinski definition) is 0. The van der Waals surface area contributed by atoms with Gasteiger partial charge < -0.3 is 9.47 Å². The first kappa shape index (κ1) is 10.9. The third-order valence-corrected chi connectivity index (χ3v) is 2.32. The van der Waals surface area contributed by atoms with E-state index >= 15 is 0 Å². The van der Waals surface area contributed by atoms with E-state index in [-0.39, 0.29) is 6.61 Å². The number of nitrogens with zero attached hydrogens (tertiary/aromatic N) is 1. The summed E-state index contributed by atoms with van der Waals surface area (Å²) in [4.78, 5) is 0. The van der Waals surface area contributed by atoms with Gasteiger partial charge in [-0.25, -0.2) is 0 Å². The van der Waals surface area contributed by atoms with Crippen LogP contribution in [0.25, 0.3) is 0 Å². The Morgan fingerprint density at radius 1 is 1.43 bits per heavy atom. The number of halogens is 1. The maximum absolute atomic E-state index is 8.39. The molecule has 0 atom stereocenters. The summed E-state index contributed by atoms with van der Waals surface area (Å²) >= 11 is 3.34. The van der Waals surface area contributed by atoms with Crippen LogP contribution in [-0.2, 0) is 5.33 Å². The minimum Gasteiger partial charge on any atom is -0.493 e. The van der Waals surface area contributed by atoms with Gasteiger partial charge in [-0.15, -0.1) is 0 Å². The molecule has 1 aromatic carbocycles. The Balaban J connectivity index is 2.91. The molecule has 0 aromatic heterocycles. The Hall–Kier alpha value is -1.21. The first-order valence-electron chi connectivity index (χ1n) is 4.04. The third kappa shape index (κ3) is 2.64. The Kier molecular flexibility index (Phi) is 4.27. The Labute approximate surface area is 91.4 Å². The minimum absolute atomic E-state index is 0.0299. The summed E-state index contributed by atoms with van der Waals surface area (Å²) in [6.45, 7) is 0.0299. The van der Waals surface area contributed by atoms with Gasteiger partial charge in [0.1, 0.15) is 6.07 Å². The molecule has 0 unspecified atom stereocenters. The van der Waals surface area contributed by atoms with E-state index < -0.39 is 0 Å². The van der Waals surface area contributed by atoms with Crippen LogP contribution < -0.4 is 9.47 Å². The molecule has 0 fully saturated rings. The van der Waals surface area contributed by atoms with Crippen molar-refractivity contribution in [3.63, 3.8) is 0 Å². The normalized spacial score (nSPS) is 9.21. The van der Waals surface area contributed by atoms with E-state index in [2.05, 4.69) is 15.9 Å². The van der Waals surface area contributed by atoms with Crippen molar-refractivity contribution >= 4 is 15.9 Å². The van der Waals surface area contributed by atoms with Crippen molar-refractivity contribution in [2.75, 3.05) is 13.7 Å². The lowest BCUT2D eigenvalue weighted by Crippen LogP contribution is -1.97. The fourth-order valence-electron chi connectivity index (χ4n) is 1.03. The summed E-state index contributed by atoms with van der Waals surface area (Å²) in [5.74, 6) is 1.25. The molecule has 0 bridgehead atoms. The lowest BCUT2D eigenvalue weighted by Gasteiger charge is -2.08. The predicted octanol–water partition coefficient (Wildman–Crippen LogP) is 2.49. The van der Waals surface area contributed by atoms with Gasteiger partial charge in [0.2, 0.25) is 0 Å². The number of methoxy groups -OCH3 is 1. The van der Waals surface area contributed by atoms with Crippen LogP contribution >= 0.6 is 15.9 Å². The van der Waals surface area contributed by atoms with Gasteiger partial charge in [0, 0.05) is 5.33 Å². The molecule has 0 aliphatic rings. The van der Waals surface area contributed by atoms with Crippen LogP contribution in [0.2, 0.25) is 0 Å². The van der Waals surface area contributed by atoms with Gasteiger partial charge in [-0.05, 0) is 17.7 Å². The van der Waals surface area contributed by atoms with Crippen LogP contribution in [0.1, 0.15) is 5.56 Å². The number of benzene rings is 1. The average molecular weight is 256 g/mol. The lowest BCUT2D eigenvalue weighted by molar-refractivity contribution is 0.329. The van der Waals surface area contributed by atoms with Crippen molar-refractivity contribution in [1.82, 2.24) is 0 Å². The third-order valence-electron chi connectivity index (χ3n) is 1.67. The molecule has 0 aliphatic heterocycles. The van der Waals surface area contributed by atoms with Gasteiger partial charge in [-0.2, -0.15) is 5.26 Å². The Morgan fingerprint density at radius 2 is 2.21 bits per heavy atom. The van der Waals surface area contributed by atoms with Gasteiger partial charge in [0.05, 0.1) is 7.11 Å². The lowest BCUT2D eigenvalue weighted by atomic mass is 10.2. The Bertz CT molecular complexity index is 346. The highest BCUT2D eigenvalue weighted by molar-refractivity contribution is 9.08. The second-order valence-corrected chi connectivity index (χ2v) is 3.13. The van der Waals surface area contributed by atoms with Gasteiger partial charge >= 0.3 is 0 Å². The highest BCUT2D eigenvalue weighted by atomic mass is 79.9. The SMILES string of the molecule is COc1ccc(CBr)cc1OCC#N. The van der Waals surface area contributed by atoms with Crippen molar-refractivity contribution in [2.24, 2.45) is 0 Å². The van der Waals surface area contributed by atoms with Crippen LogP contribution in [0.15, 0.2) is 18.2 Å². The summed E-state index contributed by atoms with van der Waals surface area (Å²) in [6.07, 6.45) is 0. The van der Waals surface area contributed by atoms with Crippen LogP contribution in [0, 0.1) is 11.3 Å². The van der Waals surface area contributed by atoms with E-state index in [1.54, 1.807) is 7.11 Å². The number of rotatable bonds is 4. The smallest absolute Gasteiger partial charge is 0.174 e. The van der Waals surface area contributed by atoms with E-state index in [0.29, 0.717) is 11.5 Å². The fraction of sp³-hybridized carbons (Fsp3) is 0.300. The van der Waals surface area contributed by atoms with E-state index in [1.165, 1.54) is 0 Å². The minimum atomic E-state index is 0.0299. The fourth-order valence-corrected chi connectivity index (χ4v) is 1.38. The molecule has 0 heterocycles. The quantitative estimate of drug-likeness (QED) is 0.777. The monoisotopic (exact) mass is 255 g/mol. The van der Waals surface area contributed by atoms with E-state index in [4.69, 9.17) is 14.7 Å². The topological polar surface area (TPSA) is 42.2 Å². The zero-order chi connectivity index (χ0) is 10.4. The first-order chi connectivity index (χ1) is 6.81. The second kappa shape index (κ2) is 5.51. The van der Waals surface area contributed by atoms with Crippen molar-refractivity contribution < 1.29 is 9.47 Å². The molecule has 0 amide bonds. The molecule has 0 saturated heterocycles.